The van der Waals surface area contributed by atoms with Crippen molar-refractivity contribution in [2.24, 2.45) is 11.8 Å². The number of benzene rings is 3. The van der Waals surface area contributed by atoms with Gasteiger partial charge in [0, 0.05) is 30.5 Å². The van der Waals surface area contributed by atoms with Crippen molar-refractivity contribution in [3.63, 3.8) is 0 Å². The van der Waals surface area contributed by atoms with E-state index in [-0.39, 0.29) is 48.5 Å². The first-order chi connectivity index (χ1) is 20.0. The van der Waals surface area contributed by atoms with Gasteiger partial charge >= 0.3 is 5.97 Å². The molecule has 3 aromatic carbocycles. The molecule has 1 N–H and O–H groups in total. The molecule has 3 amide bonds. The van der Waals surface area contributed by atoms with Gasteiger partial charge in [0.2, 0.25) is 11.8 Å². The average molecular weight is 553 g/mol. The van der Waals surface area contributed by atoms with Crippen LogP contribution in [0.4, 0.5) is 5.69 Å². The van der Waals surface area contributed by atoms with Crippen LogP contribution in [0, 0.1) is 11.8 Å². The zero-order chi connectivity index (χ0) is 28.5. The molecular formula is C33H32N2O6. The van der Waals surface area contributed by atoms with Gasteiger partial charge < -0.3 is 14.8 Å². The van der Waals surface area contributed by atoms with Crippen molar-refractivity contribution in [2.75, 3.05) is 25.6 Å². The number of likely N-dealkylation sites (tertiary alicyclic amines) is 1. The Balaban J connectivity index is 0.986. The largest absolute Gasteiger partial charge is 0.497 e. The molecule has 0 saturated carbocycles. The molecule has 0 aromatic heterocycles. The first-order valence-corrected chi connectivity index (χ1v) is 14.1. The number of carbonyl (C=O) groups is 4. The molecule has 0 unspecified atom stereocenters. The summed E-state index contributed by atoms with van der Waals surface area (Å²) in [4.78, 5) is 52.9. The Morgan fingerprint density at radius 3 is 1.80 bits per heavy atom. The van der Waals surface area contributed by atoms with Crippen LogP contribution in [0.15, 0.2) is 72.8 Å². The Bertz CT molecular complexity index is 1380. The molecule has 1 saturated heterocycles. The van der Waals surface area contributed by atoms with Gasteiger partial charge in [0.05, 0.1) is 18.9 Å². The predicted octanol–water partition coefficient (Wildman–Crippen LogP) is 4.63. The summed E-state index contributed by atoms with van der Waals surface area (Å²) in [6.07, 6.45) is 1.98. The molecule has 2 atom stereocenters. The van der Waals surface area contributed by atoms with E-state index in [1.165, 1.54) is 4.90 Å². The molecule has 0 radical (unpaired) electrons. The molecule has 3 aliphatic carbocycles. The second-order valence-corrected chi connectivity index (χ2v) is 10.8. The molecule has 8 heteroatoms. The van der Waals surface area contributed by atoms with E-state index >= 15 is 0 Å². The van der Waals surface area contributed by atoms with Crippen LogP contribution in [-0.2, 0) is 23.9 Å². The van der Waals surface area contributed by atoms with Crippen molar-refractivity contribution in [2.45, 2.75) is 37.5 Å². The lowest BCUT2D eigenvalue weighted by atomic mass is 9.55. The van der Waals surface area contributed by atoms with Gasteiger partial charge in [0.15, 0.2) is 6.61 Å². The summed E-state index contributed by atoms with van der Waals surface area (Å²) in [5, 5.41) is 2.67. The van der Waals surface area contributed by atoms with E-state index < -0.39 is 11.9 Å². The lowest BCUT2D eigenvalue weighted by Gasteiger charge is -2.45. The van der Waals surface area contributed by atoms with Crippen LogP contribution in [0.25, 0.3) is 0 Å². The summed E-state index contributed by atoms with van der Waals surface area (Å²) in [5.41, 5.74) is 5.24. The number of nitrogens with one attached hydrogen (secondary N) is 1. The minimum Gasteiger partial charge on any atom is -0.497 e. The maximum absolute atomic E-state index is 13.6. The highest BCUT2D eigenvalue weighted by atomic mass is 16.5. The van der Waals surface area contributed by atoms with Gasteiger partial charge in [-0.05, 0) is 59.4 Å². The topological polar surface area (TPSA) is 102 Å². The number of hydrogen-bond acceptors (Lipinski definition) is 6. The zero-order valence-electron chi connectivity index (χ0n) is 22.9. The highest BCUT2D eigenvalue weighted by Crippen LogP contribution is 2.60. The van der Waals surface area contributed by atoms with Crippen molar-refractivity contribution in [3.8, 4) is 5.75 Å². The van der Waals surface area contributed by atoms with Gasteiger partial charge in [-0.25, -0.2) is 0 Å². The van der Waals surface area contributed by atoms with Crippen molar-refractivity contribution < 1.29 is 28.7 Å². The van der Waals surface area contributed by atoms with Crippen LogP contribution in [0.3, 0.4) is 0 Å². The lowest BCUT2D eigenvalue weighted by molar-refractivity contribution is -0.147. The maximum Gasteiger partial charge on any atom is 0.306 e. The summed E-state index contributed by atoms with van der Waals surface area (Å²) >= 11 is 0. The first-order valence-electron chi connectivity index (χ1n) is 14.1. The molecule has 4 aliphatic rings. The molecule has 1 fully saturated rings. The molecule has 8 nitrogen and oxygen atoms in total. The number of anilines is 1. The molecular weight excluding hydrogens is 520 g/mol. The van der Waals surface area contributed by atoms with E-state index in [1.54, 1.807) is 31.4 Å². The average Bonchev–Trinajstić information content (AvgIpc) is 3.25. The number of methoxy groups -OCH3 is 1. The fourth-order valence-corrected chi connectivity index (χ4v) is 6.77. The number of rotatable bonds is 10. The third kappa shape index (κ3) is 4.88. The predicted molar refractivity (Wildman–Crippen MR) is 151 cm³/mol. The molecule has 2 bridgehead atoms. The highest BCUT2D eigenvalue weighted by molar-refractivity contribution is 6.07. The number of ether oxygens (including phenoxy) is 2. The molecule has 210 valence electrons. The third-order valence-corrected chi connectivity index (χ3v) is 8.54. The number of imide groups is 1. The standard InChI is InChI=1S/C33H32N2O6/c1-40-21-16-14-20(15-17-21)34-26(36)19-41-27(37)13-3-2-8-18-35-32(38)30-28-22-9-4-5-10-23(22)29(31(30)33(35)39)25-12-7-6-11-24(25)28/h4-7,9-12,14-17,28-31H,2-3,8,13,18-19H2,1H3,(H,34,36)/t28?,29?,30-,31+. The SMILES string of the molecule is COc1ccc(NC(=O)COC(=O)CCCCCN2C(=O)[C@@H]3C4c5ccccc5C(c5ccccc54)[C@@H]3C2=O)cc1. The summed E-state index contributed by atoms with van der Waals surface area (Å²) in [6.45, 7) is -0.0202. The monoisotopic (exact) mass is 552 g/mol. The van der Waals surface area contributed by atoms with Crippen LogP contribution in [0.5, 0.6) is 5.75 Å². The Hall–Kier alpha value is -4.46. The van der Waals surface area contributed by atoms with Gasteiger partial charge in [-0.1, -0.05) is 55.0 Å². The van der Waals surface area contributed by atoms with Crippen LogP contribution >= 0.6 is 0 Å². The molecule has 1 aliphatic heterocycles. The van der Waals surface area contributed by atoms with Gasteiger partial charge in [-0.2, -0.15) is 0 Å². The lowest BCUT2D eigenvalue weighted by Crippen LogP contribution is -2.41. The third-order valence-electron chi connectivity index (χ3n) is 8.54. The minimum absolute atomic E-state index is 0.0821. The molecule has 3 aromatic rings. The Morgan fingerprint density at radius 1 is 0.756 bits per heavy atom. The van der Waals surface area contributed by atoms with Crippen molar-refractivity contribution in [3.05, 3.63) is 95.1 Å². The molecule has 0 spiro atoms. The Labute approximate surface area is 238 Å². The number of hydrogen-bond donors (Lipinski definition) is 1. The van der Waals surface area contributed by atoms with Crippen molar-refractivity contribution in [1.82, 2.24) is 4.90 Å². The van der Waals surface area contributed by atoms with Gasteiger partial charge in [-0.3, -0.25) is 24.1 Å². The van der Waals surface area contributed by atoms with E-state index in [4.69, 9.17) is 9.47 Å². The zero-order valence-corrected chi connectivity index (χ0v) is 22.9. The maximum atomic E-state index is 13.6. The van der Waals surface area contributed by atoms with E-state index in [0.29, 0.717) is 37.2 Å². The normalized spacial score (nSPS) is 21.6. The summed E-state index contributed by atoms with van der Waals surface area (Å²) in [7, 11) is 1.56. The molecule has 7 rings (SSSR count). The van der Waals surface area contributed by atoms with E-state index in [2.05, 4.69) is 29.6 Å². The van der Waals surface area contributed by atoms with Gasteiger partial charge in [0.1, 0.15) is 5.75 Å². The highest BCUT2D eigenvalue weighted by Gasteiger charge is 2.61. The number of unbranched alkanes of at least 4 members (excludes halogenated alkanes) is 2. The van der Waals surface area contributed by atoms with E-state index in [1.807, 2.05) is 24.3 Å². The number of esters is 1. The van der Waals surface area contributed by atoms with Gasteiger partial charge in [0.25, 0.3) is 5.91 Å². The molecule has 1 heterocycles. The van der Waals surface area contributed by atoms with Crippen molar-refractivity contribution in [1.29, 1.82) is 0 Å². The quantitative estimate of drug-likeness (QED) is 0.224. The Morgan fingerprint density at radius 2 is 1.29 bits per heavy atom. The summed E-state index contributed by atoms with van der Waals surface area (Å²) < 4.78 is 10.2. The minimum atomic E-state index is -0.457. The second-order valence-electron chi connectivity index (χ2n) is 10.8. The number of amides is 3. The number of nitrogens with zero attached hydrogens (tertiary/aromatic N) is 1. The molecule has 41 heavy (non-hydrogen) atoms. The van der Waals surface area contributed by atoms with Crippen LogP contribution in [0.1, 0.15) is 59.8 Å². The summed E-state index contributed by atoms with van der Waals surface area (Å²) in [5.74, 6) is -1.30. The first kappa shape index (κ1) is 26.7. The van der Waals surface area contributed by atoms with Crippen LogP contribution in [0.2, 0.25) is 0 Å². The Kier molecular flexibility index (Phi) is 7.30. The van der Waals surface area contributed by atoms with E-state index in [9.17, 15) is 19.2 Å². The second kappa shape index (κ2) is 11.2. The van der Waals surface area contributed by atoms with E-state index in [0.717, 1.165) is 22.3 Å². The van der Waals surface area contributed by atoms with Gasteiger partial charge in [-0.15, -0.1) is 0 Å². The van der Waals surface area contributed by atoms with Crippen molar-refractivity contribution >= 4 is 29.4 Å². The van der Waals surface area contributed by atoms with Crippen LogP contribution < -0.4 is 10.1 Å². The fraction of sp³-hybridized carbons (Fsp3) is 0.333. The summed E-state index contributed by atoms with van der Waals surface area (Å²) in [6, 6.07) is 23.3. The number of carbonyl (C=O) groups excluding carboxylic acids is 4. The smallest absolute Gasteiger partial charge is 0.306 e. The van der Waals surface area contributed by atoms with Crippen LogP contribution in [-0.4, -0.2) is 48.9 Å². The fourth-order valence-electron chi connectivity index (χ4n) is 6.77.